The van der Waals surface area contributed by atoms with Crippen molar-refractivity contribution in [3.63, 3.8) is 0 Å². The van der Waals surface area contributed by atoms with Crippen LogP contribution in [0.5, 0.6) is 5.75 Å². The zero-order valence-electron chi connectivity index (χ0n) is 16.0. The lowest BCUT2D eigenvalue weighted by molar-refractivity contribution is -0.129. The van der Waals surface area contributed by atoms with E-state index in [-0.39, 0.29) is 48.9 Å². The summed E-state index contributed by atoms with van der Waals surface area (Å²) in [5.41, 5.74) is 1.13. The molecule has 2 saturated heterocycles. The van der Waals surface area contributed by atoms with E-state index in [4.69, 9.17) is 9.47 Å². The van der Waals surface area contributed by atoms with Gasteiger partial charge in [-0.3, -0.25) is 9.69 Å². The van der Waals surface area contributed by atoms with Gasteiger partial charge in [0.1, 0.15) is 11.8 Å². The summed E-state index contributed by atoms with van der Waals surface area (Å²) in [6, 6.07) is 7.93. The van der Waals surface area contributed by atoms with Crippen LogP contribution >= 0.6 is 24.8 Å². The largest absolute Gasteiger partial charge is 0.496 e. The second-order valence-corrected chi connectivity index (χ2v) is 6.75. The monoisotopic (exact) mass is 419 g/mol. The minimum absolute atomic E-state index is 0. The maximum atomic E-state index is 12.6. The number of morpholine rings is 1. The van der Waals surface area contributed by atoms with Crippen LogP contribution in [-0.2, 0) is 9.53 Å². The molecule has 0 radical (unpaired) electrons. The molecule has 0 aromatic heterocycles. The Labute approximate surface area is 174 Å². The second kappa shape index (κ2) is 11.7. The van der Waals surface area contributed by atoms with Crippen LogP contribution < -0.4 is 15.4 Å². The van der Waals surface area contributed by atoms with Gasteiger partial charge in [0.05, 0.1) is 25.9 Å². The van der Waals surface area contributed by atoms with Crippen LogP contribution in [0.4, 0.5) is 0 Å². The van der Waals surface area contributed by atoms with E-state index in [9.17, 15) is 4.79 Å². The molecule has 0 saturated carbocycles. The molecule has 0 bridgehead atoms. The lowest BCUT2D eigenvalue weighted by Crippen LogP contribution is -2.56. The van der Waals surface area contributed by atoms with Crippen LogP contribution in [0.25, 0.3) is 0 Å². The van der Waals surface area contributed by atoms with E-state index < -0.39 is 0 Å². The number of methoxy groups -OCH3 is 1. The molecule has 6 nitrogen and oxygen atoms in total. The molecule has 2 aliphatic heterocycles. The Morgan fingerprint density at radius 3 is 2.70 bits per heavy atom. The molecule has 27 heavy (non-hydrogen) atoms. The maximum absolute atomic E-state index is 12.6. The molecule has 1 aromatic carbocycles. The summed E-state index contributed by atoms with van der Waals surface area (Å²) >= 11 is 0. The van der Waals surface area contributed by atoms with Gasteiger partial charge in [-0.25, -0.2) is 0 Å². The summed E-state index contributed by atoms with van der Waals surface area (Å²) in [5, 5.41) is 6.38. The summed E-state index contributed by atoms with van der Waals surface area (Å²) < 4.78 is 11.1. The number of halogens is 2. The van der Waals surface area contributed by atoms with Crippen molar-refractivity contribution in [2.24, 2.45) is 0 Å². The molecule has 0 aliphatic carbocycles. The van der Waals surface area contributed by atoms with Crippen LogP contribution in [-0.4, -0.2) is 62.8 Å². The first-order valence-corrected chi connectivity index (χ1v) is 9.20. The number of likely N-dealkylation sites (tertiary alicyclic amines) is 1. The van der Waals surface area contributed by atoms with Crippen LogP contribution in [0, 0.1) is 0 Å². The van der Waals surface area contributed by atoms with Gasteiger partial charge in [0.2, 0.25) is 5.91 Å². The summed E-state index contributed by atoms with van der Waals surface area (Å²) in [4.78, 5) is 15.0. The first kappa shape index (κ1) is 24.0. The first-order chi connectivity index (χ1) is 12.2. The van der Waals surface area contributed by atoms with E-state index in [0.717, 1.165) is 24.4 Å². The quantitative estimate of drug-likeness (QED) is 0.739. The zero-order chi connectivity index (χ0) is 17.6. The summed E-state index contributed by atoms with van der Waals surface area (Å²) in [6.45, 7) is 5.99. The van der Waals surface area contributed by atoms with Crippen LogP contribution in [0.15, 0.2) is 24.3 Å². The summed E-state index contributed by atoms with van der Waals surface area (Å²) in [7, 11) is 1.70. The number of benzene rings is 1. The molecule has 2 aliphatic rings. The van der Waals surface area contributed by atoms with Crippen molar-refractivity contribution in [3.8, 4) is 5.75 Å². The predicted molar refractivity (Wildman–Crippen MR) is 111 cm³/mol. The number of para-hydroxylation sites is 1. The molecule has 1 amide bonds. The number of nitrogens with one attached hydrogen (secondary N) is 2. The SMILES string of the molecule is COc1ccccc1C(CNC(=O)[C@H]1NCCO[C@@H]1C)N1CCCC1.Cl.Cl. The molecule has 2 heterocycles. The number of nitrogens with zero attached hydrogens (tertiary/aromatic N) is 1. The van der Waals surface area contributed by atoms with Crippen LogP contribution in [0.3, 0.4) is 0 Å². The molecule has 8 heteroatoms. The normalized spacial score (nSPS) is 23.6. The minimum Gasteiger partial charge on any atom is -0.496 e. The summed E-state index contributed by atoms with van der Waals surface area (Å²) in [5.74, 6) is 0.882. The van der Waals surface area contributed by atoms with Crippen LogP contribution in [0.2, 0.25) is 0 Å². The molecule has 1 unspecified atom stereocenters. The van der Waals surface area contributed by atoms with Crippen molar-refractivity contribution in [1.29, 1.82) is 0 Å². The van der Waals surface area contributed by atoms with E-state index in [1.807, 2.05) is 25.1 Å². The molecule has 2 fully saturated rings. The minimum atomic E-state index is -0.286. The van der Waals surface area contributed by atoms with Gasteiger partial charge in [-0.15, -0.1) is 24.8 Å². The van der Waals surface area contributed by atoms with Gasteiger partial charge in [-0.1, -0.05) is 18.2 Å². The fourth-order valence-electron chi connectivity index (χ4n) is 3.77. The number of carbonyl (C=O) groups excluding carboxylic acids is 1. The maximum Gasteiger partial charge on any atom is 0.239 e. The average molecular weight is 420 g/mol. The molecule has 3 rings (SSSR count). The Bertz CT molecular complexity index is 585. The average Bonchev–Trinajstić information content (AvgIpc) is 3.17. The number of rotatable bonds is 6. The van der Waals surface area contributed by atoms with Crippen molar-refractivity contribution < 1.29 is 14.3 Å². The highest BCUT2D eigenvalue weighted by molar-refractivity contribution is 5.85. The molecular weight excluding hydrogens is 389 g/mol. The topological polar surface area (TPSA) is 62.8 Å². The van der Waals surface area contributed by atoms with Gasteiger partial charge in [-0.05, 0) is 38.9 Å². The third-order valence-corrected chi connectivity index (χ3v) is 5.15. The highest BCUT2D eigenvalue weighted by atomic mass is 35.5. The number of hydrogen-bond donors (Lipinski definition) is 2. The lowest BCUT2D eigenvalue weighted by atomic mass is 10.0. The summed E-state index contributed by atoms with van der Waals surface area (Å²) in [6.07, 6.45) is 2.30. The predicted octanol–water partition coefficient (Wildman–Crippen LogP) is 2.17. The molecule has 0 spiro atoms. The number of hydrogen-bond acceptors (Lipinski definition) is 5. The van der Waals surface area contributed by atoms with E-state index in [1.165, 1.54) is 12.8 Å². The highest BCUT2D eigenvalue weighted by Gasteiger charge is 2.30. The Kier molecular flexibility index (Phi) is 10.4. The molecule has 154 valence electrons. The standard InChI is InChI=1S/C19H29N3O3.2ClH/c1-14-18(20-9-12-25-14)19(23)21-13-16(22-10-5-6-11-22)15-7-3-4-8-17(15)24-2;;/h3-4,7-8,14,16,18,20H,5-6,9-13H2,1-2H3,(H,21,23);2*1H/t14-,16?,18+;;/m1../s1. The molecule has 3 atom stereocenters. The van der Waals surface area contributed by atoms with E-state index in [2.05, 4.69) is 21.6 Å². The van der Waals surface area contributed by atoms with Gasteiger partial charge < -0.3 is 20.1 Å². The van der Waals surface area contributed by atoms with Crippen molar-refractivity contribution in [1.82, 2.24) is 15.5 Å². The van der Waals surface area contributed by atoms with Crippen molar-refractivity contribution in [2.45, 2.75) is 38.0 Å². The van der Waals surface area contributed by atoms with Gasteiger partial charge in [0, 0.05) is 18.7 Å². The van der Waals surface area contributed by atoms with Gasteiger partial charge in [-0.2, -0.15) is 0 Å². The number of carbonyl (C=O) groups is 1. The van der Waals surface area contributed by atoms with E-state index in [1.54, 1.807) is 7.11 Å². The molecule has 2 N–H and O–H groups in total. The fraction of sp³-hybridized carbons (Fsp3) is 0.632. The van der Waals surface area contributed by atoms with E-state index >= 15 is 0 Å². The molecular formula is C19H31Cl2N3O3. The van der Waals surface area contributed by atoms with Gasteiger partial charge in [0.15, 0.2) is 0 Å². The third kappa shape index (κ3) is 5.96. The number of amides is 1. The Hall–Kier alpha value is -1.05. The van der Waals surface area contributed by atoms with Crippen molar-refractivity contribution in [2.75, 3.05) is 39.9 Å². The Morgan fingerprint density at radius 1 is 1.33 bits per heavy atom. The Morgan fingerprint density at radius 2 is 2.04 bits per heavy atom. The zero-order valence-corrected chi connectivity index (χ0v) is 17.6. The molecule has 1 aromatic rings. The smallest absolute Gasteiger partial charge is 0.239 e. The van der Waals surface area contributed by atoms with Gasteiger partial charge >= 0.3 is 0 Å². The first-order valence-electron chi connectivity index (χ1n) is 9.20. The van der Waals surface area contributed by atoms with Crippen molar-refractivity contribution in [3.05, 3.63) is 29.8 Å². The highest BCUT2D eigenvalue weighted by Crippen LogP contribution is 2.31. The van der Waals surface area contributed by atoms with Gasteiger partial charge in [0.25, 0.3) is 0 Å². The number of ether oxygens (including phenoxy) is 2. The van der Waals surface area contributed by atoms with Crippen molar-refractivity contribution >= 4 is 30.7 Å². The Balaban J connectivity index is 0.00000182. The third-order valence-electron chi connectivity index (χ3n) is 5.15. The second-order valence-electron chi connectivity index (χ2n) is 6.75. The van der Waals surface area contributed by atoms with Crippen LogP contribution in [0.1, 0.15) is 31.4 Å². The fourth-order valence-corrected chi connectivity index (χ4v) is 3.77. The van der Waals surface area contributed by atoms with E-state index in [0.29, 0.717) is 19.7 Å². The lowest BCUT2D eigenvalue weighted by Gasteiger charge is -2.32.